The standard InChI is InChI=1S/C14H10Cl2N4O2/c1-7-6-8(2)20-14(17-7)18-12(19-20)13(21)22-10-5-3-4-9(15)11(10)16/h3-6H,1-2H3. The largest absolute Gasteiger partial charge is 0.419 e. The number of esters is 1. The van der Waals surface area contributed by atoms with Crippen LogP contribution in [-0.4, -0.2) is 25.6 Å². The first-order valence-corrected chi connectivity index (χ1v) is 7.08. The molecule has 2 aromatic heterocycles. The molecule has 0 saturated carbocycles. The highest BCUT2D eigenvalue weighted by Gasteiger charge is 2.19. The van der Waals surface area contributed by atoms with Crippen LogP contribution < -0.4 is 4.74 Å². The Morgan fingerprint density at radius 3 is 2.77 bits per heavy atom. The van der Waals surface area contributed by atoms with Crippen LogP contribution in [0.4, 0.5) is 0 Å². The predicted molar refractivity (Wildman–Crippen MR) is 81.7 cm³/mol. The maximum Gasteiger partial charge on any atom is 0.383 e. The smallest absolute Gasteiger partial charge is 0.383 e. The van der Waals surface area contributed by atoms with Crippen molar-refractivity contribution in [2.24, 2.45) is 0 Å². The minimum Gasteiger partial charge on any atom is -0.419 e. The molecule has 0 N–H and O–H groups in total. The zero-order valence-corrected chi connectivity index (χ0v) is 13.2. The molecule has 0 fully saturated rings. The number of ether oxygens (including phenoxy) is 1. The number of hydrogen-bond donors (Lipinski definition) is 0. The summed E-state index contributed by atoms with van der Waals surface area (Å²) < 4.78 is 6.67. The molecule has 0 unspecified atom stereocenters. The van der Waals surface area contributed by atoms with Crippen LogP contribution in [0.3, 0.4) is 0 Å². The molecule has 0 aliphatic rings. The fraction of sp³-hybridized carbons (Fsp3) is 0.143. The van der Waals surface area contributed by atoms with Gasteiger partial charge in [-0.05, 0) is 32.0 Å². The number of carbonyl (C=O) groups is 1. The minimum atomic E-state index is -0.730. The van der Waals surface area contributed by atoms with Gasteiger partial charge in [-0.15, -0.1) is 5.10 Å². The molecule has 2 heterocycles. The van der Waals surface area contributed by atoms with Gasteiger partial charge in [-0.1, -0.05) is 29.3 Å². The fourth-order valence-corrected chi connectivity index (χ4v) is 2.29. The third kappa shape index (κ3) is 2.63. The van der Waals surface area contributed by atoms with Gasteiger partial charge in [-0.25, -0.2) is 14.3 Å². The Hall–Kier alpha value is -2.18. The third-order valence-corrected chi connectivity index (χ3v) is 3.72. The lowest BCUT2D eigenvalue weighted by Crippen LogP contribution is -2.11. The molecule has 0 aliphatic heterocycles. The summed E-state index contributed by atoms with van der Waals surface area (Å²) in [5.74, 6) is -0.343. The maximum absolute atomic E-state index is 12.2. The zero-order chi connectivity index (χ0) is 15.9. The maximum atomic E-state index is 12.2. The van der Waals surface area contributed by atoms with Crippen molar-refractivity contribution in [3.8, 4) is 5.75 Å². The molecule has 0 spiro atoms. The number of fused-ring (bicyclic) bond motifs is 1. The van der Waals surface area contributed by atoms with Crippen molar-refractivity contribution >= 4 is 34.9 Å². The van der Waals surface area contributed by atoms with Crippen LogP contribution in [0, 0.1) is 13.8 Å². The SMILES string of the molecule is Cc1cc(C)n2nc(C(=O)Oc3cccc(Cl)c3Cl)nc2n1. The number of benzene rings is 1. The molecule has 3 aromatic rings. The second-order valence-corrected chi connectivity index (χ2v) is 5.41. The van der Waals surface area contributed by atoms with Crippen LogP contribution in [0.15, 0.2) is 24.3 Å². The average Bonchev–Trinajstić information content (AvgIpc) is 2.88. The van der Waals surface area contributed by atoms with E-state index in [4.69, 9.17) is 27.9 Å². The van der Waals surface area contributed by atoms with Gasteiger partial charge in [0.1, 0.15) is 5.02 Å². The first-order valence-electron chi connectivity index (χ1n) is 6.33. The Morgan fingerprint density at radius 2 is 2.00 bits per heavy atom. The van der Waals surface area contributed by atoms with Gasteiger partial charge < -0.3 is 4.74 Å². The van der Waals surface area contributed by atoms with Crippen LogP contribution in [0.5, 0.6) is 5.75 Å². The van der Waals surface area contributed by atoms with Crippen molar-refractivity contribution in [2.75, 3.05) is 0 Å². The molecular weight excluding hydrogens is 327 g/mol. The van der Waals surface area contributed by atoms with Crippen molar-refractivity contribution in [3.63, 3.8) is 0 Å². The van der Waals surface area contributed by atoms with Gasteiger partial charge >= 0.3 is 5.97 Å². The predicted octanol–water partition coefficient (Wildman–Crippen LogP) is 3.27. The quantitative estimate of drug-likeness (QED) is 0.530. The van der Waals surface area contributed by atoms with E-state index in [1.807, 2.05) is 19.9 Å². The highest BCUT2D eigenvalue weighted by Crippen LogP contribution is 2.31. The van der Waals surface area contributed by atoms with Gasteiger partial charge in [0.2, 0.25) is 0 Å². The van der Waals surface area contributed by atoms with E-state index in [2.05, 4.69) is 15.1 Å². The molecule has 3 rings (SSSR count). The van der Waals surface area contributed by atoms with Gasteiger partial charge in [0.05, 0.1) is 5.02 Å². The number of nitrogens with zero attached hydrogens (tertiary/aromatic N) is 4. The molecular formula is C14H10Cl2N4O2. The summed E-state index contributed by atoms with van der Waals surface area (Å²) in [7, 11) is 0. The Morgan fingerprint density at radius 1 is 1.23 bits per heavy atom. The second-order valence-electron chi connectivity index (χ2n) is 4.63. The van der Waals surface area contributed by atoms with Gasteiger partial charge in [-0.2, -0.15) is 4.98 Å². The van der Waals surface area contributed by atoms with E-state index in [-0.39, 0.29) is 16.6 Å². The number of hydrogen-bond acceptors (Lipinski definition) is 5. The topological polar surface area (TPSA) is 69.4 Å². The molecule has 0 aliphatic carbocycles. The highest BCUT2D eigenvalue weighted by molar-refractivity contribution is 6.43. The fourth-order valence-electron chi connectivity index (χ4n) is 1.96. The first-order chi connectivity index (χ1) is 10.5. The van der Waals surface area contributed by atoms with E-state index in [1.165, 1.54) is 10.6 Å². The van der Waals surface area contributed by atoms with Gasteiger partial charge in [0, 0.05) is 11.4 Å². The zero-order valence-electron chi connectivity index (χ0n) is 11.7. The van der Waals surface area contributed by atoms with E-state index in [0.29, 0.717) is 10.8 Å². The highest BCUT2D eigenvalue weighted by atomic mass is 35.5. The van der Waals surface area contributed by atoms with E-state index in [9.17, 15) is 4.79 Å². The van der Waals surface area contributed by atoms with E-state index in [0.717, 1.165) is 11.4 Å². The van der Waals surface area contributed by atoms with E-state index >= 15 is 0 Å². The number of aryl methyl sites for hydroxylation is 2. The lowest BCUT2D eigenvalue weighted by atomic mass is 10.3. The summed E-state index contributed by atoms with van der Waals surface area (Å²) in [4.78, 5) is 20.4. The summed E-state index contributed by atoms with van der Waals surface area (Å²) in [6, 6.07) is 6.60. The summed E-state index contributed by atoms with van der Waals surface area (Å²) in [6.07, 6.45) is 0. The van der Waals surface area contributed by atoms with Crippen molar-refractivity contribution in [1.82, 2.24) is 19.6 Å². The molecule has 22 heavy (non-hydrogen) atoms. The molecule has 1 aromatic carbocycles. The second kappa shape index (κ2) is 5.55. The summed E-state index contributed by atoms with van der Waals surface area (Å²) in [5, 5.41) is 4.55. The van der Waals surface area contributed by atoms with Crippen LogP contribution in [0.2, 0.25) is 10.0 Å². The molecule has 8 heteroatoms. The average molecular weight is 337 g/mol. The van der Waals surface area contributed by atoms with Crippen LogP contribution in [0.25, 0.3) is 5.78 Å². The summed E-state index contributed by atoms with van der Waals surface area (Å²) in [5.41, 5.74) is 1.60. The number of rotatable bonds is 2. The van der Waals surface area contributed by atoms with Crippen molar-refractivity contribution in [3.05, 3.63) is 51.5 Å². The molecule has 0 radical (unpaired) electrons. The Bertz CT molecular complexity index is 892. The Kier molecular flexibility index (Phi) is 3.72. The van der Waals surface area contributed by atoms with Crippen LogP contribution in [-0.2, 0) is 0 Å². The summed E-state index contributed by atoms with van der Waals surface area (Å²) >= 11 is 11.9. The summed E-state index contributed by atoms with van der Waals surface area (Å²) in [6.45, 7) is 3.69. The normalized spacial score (nSPS) is 10.9. The van der Waals surface area contributed by atoms with Crippen molar-refractivity contribution in [2.45, 2.75) is 13.8 Å². The molecule has 0 bridgehead atoms. The Balaban J connectivity index is 1.95. The van der Waals surface area contributed by atoms with Crippen molar-refractivity contribution < 1.29 is 9.53 Å². The van der Waals surface area contributed by atoms with Crippen molar-refractivity contribution in [1.29, 1.82) is 0 Å². The minimum absolute atomic E-state index is 0.0998. The number of halogens is 2. The van der Waals surface area contributed by atoms with E-state index < -0.39 is 5.97 Å². The van der Waals surface area contributed by atoms with E-state index in [1.54, 1.807) is 12.1 Å². The molecule has 112 valence electrons. The van der Waals surface area contributed by atoms with Crippen LogP contribution >= 0.6 is 23.2 Å². The molecule has 0 amide bonds. The molecule has 0 saturated heterocycles. The lowest BCUT2D eigenvalue weighted by Gasteiger charge is -2.04. The third-order valence-electron chi connectivity index (χ3n) is 2.92. The molecule has 6 nitrogen and oxygen atoms in total. The first kappa shape index (κ1) is 14.7. The van der Waals surface area contributed by atoms with Gasteiger partial charge in [0.15, 0.2) is 5.75 Å². The number of aromatic nitrogens is 4. The lowest BCUT2D eigenvalue weighted by molar-refractivity contribution is 0.0722. The van der Waals surface area contributed by atoms with Crippen LogP contribution in [0.1, 0.15) is 22.0 Å². The number of carbonyl (C=O) groups excluding carboxylic acids is 1. The molecule has 0 atom stereocenters. The van der Waals surface area contributed by atoms with Gasteiger partial charge in [0.25, 0.3) is 11.6 Å². The Labute approximate surface area is 135 Å². The van der Waals surface area contributed by atoms with Gasteiger partial charge in [-0.3, -0.25) is 0 Å². The monoisotopic (exact) mass is 336 g/mol.